The lowest BCUT2D eigenvalue weighted by Gasteiger charge is -2.25. The van der Waals surface area contributed by atoms with E-state index in [1.165, 1.54) is 25.7 Å². The molecule has 1 aliphatic carbocycles. The fourth-order valence-electron chi connectivity index (χ4n) is 2.80. The van der Waals surface area contributed by atoms with Crippen molar-refractivity contribution in [1.82, 2.24) is 0 Å². The van der Waals surface area contributed by atoms with Crippen LogP contribution in [0.2, 0.25) is 0 Å². The molecule has 1 fully saturated rings. The maximum Gasteiger partial charge on any atom is 0.303 e. The highest BCUT2D eigenvalue weighted by atomic mass is 16.4. The van der Waals surface area contributed by atoms with Crippen LogP contribution in [-0.4, -0.2) is 17.6 Å². The molecule has 3 nitrogen and oxygen atoms in total. The third kappa shape index (κ3) is 3.49. The number of nitrogens with two attached hydrogens (primary N) is 1. The molecule has 1 saturated carbocycles. The minimum atomic E-state index is -0.698. The van der Waals surface area contributed by atoms with Gasteiger partial charge in [-0.2, -0.15) is 0 Å². The van der Waals surface area contributed by atoms with Crippen LogP contribution < -0.4 is 5.73 Å². The zero-order chi connectivity index (χ0) is 11.3. The molecule has 1 aliphatic rings. The van der Waals surface area contributed by atoms with Crippen molar-refractivity contribution in [2.24, 2.45) is 17.1 Å². The minimum absolute atomic E-state index is 0.0930. The monoisotopic (exact) mass is 213 g/mol. The summed E-state index contributed by atoms with van der Waals surface area (Å²) in [6.07, 6.45) is 7.19. The fourth-order valence-corrected chi connectivity index (χ4v) is 2.80. The Kier molecular flexibility index (Phi) is 4.58. The summed E-state index contributed by atoms with van der Waals surface area (Å²) < 4.78 is 0. The summed E-state index contributed by atoms with van der Waals surface area (Å²) in [7, 11) is 0. The molecule has 2 atom stereocenters. The molecule has 0 aromatic carbocycles. The highest BCUT2D eigenvalue weighted by Gasteiger charge is 2.39. The summed E-state index contributed by atoms with van der Waals surface area (Å²) in [5, 5.41) is 8.88. The van der Waals surface area contributed by atoms with Gasteiger partial charge < -0.3 is 10.8 Å². The first-order valence-electron chi connectivity index (χ1n) is 6.04. The highest BCUT2D eigenvalue weighted by Crippen LogP contribution is 2.45. The average Bonchev–Trinajstić information content (AvgIpc) is 2.58. The number of hydrogen-bond acceptors (Lipinski definition) is 2. The molecule has 0 spiro atoms. The van der Waals surface area contributed by atoms with Crippen LogP contribution in [0.3, 0.4) is 0 Å². The van der Waals surface area contributed by atoms with Crippen molar-refractivity contribution in [1.29, 1.82) is 0 Å². The zero-order valence-electron chi connectivity index (χ0n) is 9.67. The van der Waals surface area contributed by atoms with E-state index >= 15 is 0 Å². The Hall–Kier alpha value is -0.570. The van der Waals surface area contributed by atoms with Crippen molar-refractivity contribution in [3.8, 4) is 0 Å². The van der Waals surface area contributed by atoms with Gasteiger partial charge in [0, 0.05) is 0 Å². The Morgan fingerprint density at radius 2 is 2.33 bits per heavy atom. The molecule has 3 N–H and O–H groups in total. The normalized spacial score (nSPS) is 30.7. The smallest absolute Gasteiger partial charge is 0.303 e. The van der Waals surface area contributed by atoms with Crippen molar-refractivity contribution < 1.29 is 9.90 Å². The van der Waals surface area contributed by atoms with Crippen molar-refractivity contribution in [3.05, 3.63) is 0 Å². The molecule has 88 valence electrons. The number of aliphatic carboxylic acids is 1. The maximum atomic E-state index is 10.8. The van der Waals surface area contributed by atoms with Crippen molar-refractivity contribution >= 4 is 5.97 Å². The lowest BCUT2D eigenvalue weighted by atomic mass is 9.81. The van der Waals surface area contributed by atoms with E-state index in [-0.39, 0.29) is 11.8 Å². The van der Waals surface area contributed by atoms with Gasteiger partial charge in [-0.1, -0.05) is 26.2 Å². The van der Waals surface area contributed by atoms with Crippen molar-refractivity contribution in [3.63, 3.8) is 0 Å². The van der Waals surface area contributed by atoms with Gasteiger partial charge in [0.2, 0.25) is 0 Å². The molecule has 2 unspecified atom stereocenters. The number of carboxylic acids is 1. The molecule has 0 heterocycles. The van der Waals surface area contributed by atoms with Gasteiger partial charge in [0.05, 0.1) is 6.42 Å². The summed E-state index contributed by atoms with van der Waals surface area (Å²) in [5.41, 5.74) is 5.65. The molecule has 3 heteroatoms. The van der Waals surface area contributed by atoms with E-state index in [0.29, 0.717) is 12.5 Å². The van der Waals surface area contributed by atoms with Crippen LogP contribution in [0.5, 0.6) is 0 Å². The predicted octanol–water partition coefficient (Wildman–Crippen LogP) is 2.40. The van der Waals surface area contributed by atoms with Crippen LogP contribution in [0.1, 0.15) is 51.9 Å². The zero-order valence-corrected chi connectivity index (χ0v) is 9.67. The molecule has 15 heavy (non-hydrogen) atoms. The van der Waals surface area contributed by atoms with Crippen LogP contribution in [-0.2, 0) is 4.79 Å². The number of unbranched alkanes of at least 4 members (excludes halogenated alkanes) is 1. The first-order chi connectivity index (χ1) is 7.12. The fraction of sp³-hybridized carbons (Fsp3) is 0.917. The van der Waals surface area contributed by atoms with Crippen LogP contribution in [0.15, 0.2) is 0 Å². The Bertz CT molecular complexity index is 218. The van der Waals surface area contributed by atoms with Crippen LogP contribution in [0, 0.1) is 11.3 Å². The second kappa shape index (κ2) is 5.50. The van der Waals surface area contributed by atoms with E-state index in [4.69, 9.17) is 10.8 Å². The molecule has 0 saturated heterocycles. The van der Waals surface area contributed by atoms with Crippen molar-refractivity contribution in [2.45, 2.75) is 51.9 Å². The van der Waals surface area contributed by atoms with E-state index < -0.39 is 5.97 Å². The SMILES string of the molecule is CCCCC1CCC(CN)(CC(=O)O)C1. The topological polar surface area (TPSA) is 63.3 Å². The van der Waals surface area contributed by atoms with E-state index in [0.717, 1.165) is 12.8 Å². The first-order valence-corrected chi connectivity index (χ1v) is 6.04. The maximum absolute atomic E-state index is 10.8. The Morgan fingerprint density at radius 3 is 2.87 bits per heavy atom. The van der Waals surface area contributed by atoms with Gasteiger partial charge in [-0.25, -0.2) is 0 Å². The largest absolute Gasteiger partial charge is 0.481 e. The number of hydrogen-bond donors (Lipinski definition) is 2. The summed E-state index contributed by atoms with van der Waals surface area (Å²) in [6, 6.07) is 0. The van der Waals surface area contributed by atoms with Gasteiger partial charge in [0.1, 0.15) is 0 Å². The van der Waals surface area contributed by atoms with Gasteiger partial charge >= 0.3 is 5.97 Å². The Labute approximate surface area is 92.0 Å². The number of carbonyl (C=O) groups is 1. The standard InChI is InChI=1S/C12H23NO2/c1-2-3-4-10-5-6-12(7-10,9-13)8-11(14)15/h10H,2-9,13H2,1H3,(H,14,15). The summed E-state index contributed by atoms with van der Waals surface area (Å²) in [6.45, 7) is 2.73. The molecule has 0 radical (unpaired) electrons. The second-order valence-corrected chi connectivity index (χ2v) is 5.03. The molecule has 0 amide bonds. The Morgan fingerprint density at radius 1 is 1.60 bits per heavy atom. The van der Waals surface area contributed by atoms with E-state index in [9.17, 15) is 4.79 Å². The summed E-state index contributed by atoms with van der Waals surface area (Å²) in [5.74, 6) is 0.0180. The van der Waals surface area contributed by atoms with Gasteiger partial charge in [0.15, 0.2) is 0 Å². The number of carboxylic acid groups (broad SMARTS) is 1. The van der Waals surface area contributed by atoms with Crippen LogP contribution in [0.4, 0.5) is 0 Å². The predicted molar refractivity (Wildman–Crippen MR) is 60.6 cm³/mol. The average molecular weight is 213 g/mol. The molecule has 0 bridgehead atoms. The van der Waals surface area contributed by atoms with E-state index in [2.05, 4.69) is 6.92 Å². The minimum Gasteiger partial charge on any atom is -0.481 e. The third-order valence-corrected chi connectivity index (χ3v) is 3.73. The third-order valence-electron chi connectivity index (χ3n) is 3.73. The van der Waals surface area contributed by atoms with Crippen LogP contribution >= 0.6 is 0 Å². The van der Waals surface area contributed by atoms with Gasteiger partial charge in [0.25, 0.3) is 0 Å². The second-order valence-electron chi connectivity index (χ2n) is 5.03. The first kappa shape index (κ1) is 12.5. The van der Waals surface area contributed by atoms with Gasteiger partial charge in [-0.05, 0) is 37.1 Å². The molecule has 1 rings (SSSR count). The molecule has 0 aromatic rings. The quantitative estimate of drug-likeness (QED) is 0.712. The summed E-state index contributed by atoms with van der Waals surface area (Å²) >= 11 is 0. The molecule has 0 aliphatic heterocycles. The van der Waals surface area contributed by atoms with E-state index in [1.54, 1.807) is 0 Å². The van der Waals surface area contributed by atoms with Gasteiger partial charge in [-0.15, -0.1) is 0 Å². The van der Waals surface area contributed by atoms with Gasteiger partial charge in [-0.3, -0.25) is 4.79 Å². The van der Waals surface area contributed by atoms with Crippen LogP contribution in [0.25, 0.3) is 0 Å². The molecular formula is C12H23NO2. The lowest BCUT2D eigenvalue weighted by molar-refractivity contribution is -0.139. The highest BCUT2D eigenvalue weighted by molar-refractivity contribution is 5.67. The number of rotatable bonds is 6. The van der Waals surface area contributed by atoms with E-state index in [1.807, 2.05) is 0 Å². The Balaban J connectivity index is 2.45. The molecular weight excluding hydrogens is 190 g/mol. The van der Waals surface area contributed by atoms with Crippen molar-refractivity contribution in [2.75, 3.05) is 6.54 Å². The lowest BCUT2D eigenvalue weighted by Crippen LogP contribution is -2.30. The molecule has 0 aromatic heterocycles. The summed E-state index contributed by atoms with van der Waals surface area (Å²) in [4.78, 5) is 10.8.